The van der Waals surface area contributed by atoms with Crippen molar-refractivity contribution >= 4 is 28.2 Å². The third-order valence-electron chi connectivity index (χ3n) is 2.47. The third kappa shape index (κ3) is 3.25. The summed E-state index contributed by atoms with van der Waals surface area (Å²) in [6.45, 7) is 4.12. The highest BCUT2D eigenvalue weighted by Crippen LogP contribution is 2.21. The second kappa shape index (κ2) is 5.75. The number of carbonyl (C=O) groups is 1. The number of carbonyl (C=O) groups excluding carboxylic acids is 1. The molecule has 2 aromatic heterocycles. The molecule has 100 valence electrons. The molecule has 2 N–H and O–H groups in total. The van der Waals surface area contributed by atoms with E-state index in [9.17, 15) is 4.79 Å². The molecular weight excluding hydrogens is 262 g/mol. The van der Waals surface area contributed by atoms with Crippen molar-refractivity contribution in [2.45, 2.75) is 19.8 Å². The fraction of sp³-hybridized carbons (Fsp3) is 0.333. The molecule has 2 aromatic rings. The van der Waals surface area contributed by atoms with Gasteiger partial charge in [0.15, 0.2) is 5.13 Å². The van der Waals surface area contributed by atoms with E-state index in [1.54, 1.807) is 7.05 Å². The second-order valence-corrected chi connectivity index (χ2v) is 5.08. The maximum atomic E-state index is 11.9. The lowest BCUT2D eigenvalue weighted by Crippen LogP contribution is -2.14. The molecule has 0 aromatic carbocycles. The molecule has 0 unspecified atom stereocenters. The Morgan fingerprint density at radius 1 is 1.32 bits per heavy atom. The molecular formula is C12H15N5OS. The first kappa shape index (κ1) is 13.4. The summed E-state index contributed by atoms with van der Waals surface area (Å²) in [6.07, 6.45) is 2.94. The van der Waals surface area contributed by atoms with Gasteiger partial charge in [-0.3, -0.25) is 10.1 Å². The monoisotopic (exact) mass is 277 g/mol. The zero-order valence-corrected chi connectivity index (χ0v) is 11.8. The van der Waals surface area contributed by atoms with Crippen molar-refractivity contribution in [1.29, 1.82) is 0 Å². The molecule has 19 heavy (non-hydrogen) atoms. The van der Waals surface area contributed by atoms with Crippen LogP contribution in [0.3, 0.4) is 0 Å². The van der Waals surface area contributed by atoms with E-state index < -0.39 is 0 Å². The molecule has 0 aliphatic carbocycles. The molecule has 0 aliphatic rings. The van der Waals surface area contributed by atoms with E-state index in [4.69, 9.17) is 0 Å². The van der Waals surface area contributed by atoms with Crippen LogP contribution in [0.5, 0.6) is 0 Å². The summed E-state index contributed by atoms with van der Waals surface area (Å²) in [5.41, 5.74) is 1.23. The Labute approximate surface area is 115 Å². The van der Waals surface area contributed by atoms with Crippen LogP contribution in [0.15, 0.2) is 17.8 Å². The average molecular weight is 277 g/mol. The quantitative estimate of drug-likeness (QED) is 0.896. The Morgan fingerprint density at radius 3 is 2.63 bits per heavy atom. The maximum Gasteiger partial charge on any atom is 0.277 e. The minimum Gasteiger partial charge on any atom is -0.372 e. The van der Waals surface area contributed by atoms with Crippen LogP contribution in [-0.4, -0.2) is 27.9 Å². The second-order valence-electron chi connectivity index (χ2n) is 4.22. The van der Waals surface area contributed by atoms with Gasteiger partial charge in [-0.1, -0.05) is 13.8 Å². The number of hydrogen-bond acceptors (Lipinski definition) is 6. The number of nitrogens with one attached hydrogen (secondary N) is 2. The van der Waals surface area contributed by atoms with Crippen molar-refractivity contribution in [3.8, 4) is 0 Å². The smallest absolute Gasteiger partial charge is 0.277 e. The number of nitrogens with zero attached hydrogens (tertiary/aromatic N) is 3. The summed E-state index contributed by atoms with van der Waals surface area (Å²) >= 11 is 1.40. The van der Waals surface area contributed by atoms with Crippen molar-refractivity contribution in [3.05, 3.63) is 29.2 Å². The summed E-state index contributed by atoms with van der Waals surface area (Å²) in [5, 5.41) is 8.08. The van der Waals surface area contributed by atoms with Crippen LogP contribution in [0.2, 0.25) is 0 Å². The number of amides is 1. The van der Waals surface area contributed by atoms with Gasteiger partial charge in [0, 0.05) is 12.4 Å². The largest absolute Gasteiger partial charge is 0.372 e. The molecule has 0 bridgehead atoms. The van der Waals surface area contributed by atoms with E-state index in [2.05, 4.69) is 39.4 Å². The van der Waals surface area contributed by atoms with Crippen LogP contribution in [0, 0.1) is 0 Å². The molecule has 0 radical (unpaired) electrons. The Morgan fingerprint density at radius 2 is 2.11 bits per heavy atom. The van der Waals surface area contributed by atoms with Crippen LogP contribution in [-0.2, 0) is 0 Å². The van der Waals surface area contributed by atoms with Crippen LogP contribution in [0.4, 0.5) is 10.9 Å². The first-order valence-corrected chi connectivity index (χ1v) is 6.74. The van der Waals surface area contributed by atoms with Gasteiger partial charge in [0.25, 0.3) is 5.91 Å². The third-order valence-corrected chi connectivity index (χ3v) is 3.25. The van der Waals surface area contributed by atoms with Crippen molar-refractivity contribution in [2.24, 2.45) is 0 Å². The zero-order valence-electron chi connectivity index (χ0n) is 11.0. The molecule has 0 saturated heterocycles. The Hall–Kier alpha value is -2.02. The average Bonchev–Trinajstić information content (AvgIpc) is 2.87. The van der Waals surface area contributed by atoms with E-state index in [-0.39, 0.29) is 11.6 Å². The Kier molecular flexibility index (Phi) is 4.06. The first-order valence-electron chi connectivity index (χ1n) is 5.86. The molecule has 0 spiro atoms. The van der Waals surface area contributed by atoms with E-state index >= 15 is 0 Å². The van der Waals surface area contributed by atoms with Gasteiger partial charge in [-0.2, -0.15) is 0 Å². The van der Waals surface area contributed by atoms with Gasteiger partial charge < -0.3 is 5.32 Å². The maximum absolute atomic E-state index is 11.9. The van der Waals surface area contributed by atoms with E-state index in [0.29, 0.717) is 16.9 Å². The van der Waals surface area contributed by atoms with Gasteiger partial charge in [0.2, 0.25) is 0 Å². The molecule has 0 saturated carbocycles. The molecule has 7 heteroatoms. The normalized spacial score (nSPS) is 10.5. The lowest BCUT2D eigenvalue weighted by Gasteiger charge is -2.02. The van der Waals surface area contributed by atoms with Gasteiger partial charge in [0.1, 0.15) is 11.5 Å². The number of thiazole rings is 1. The van der Waals surface area contributed by atoms with Crippen molar-refractivity contribution < 1.29 is 4.79 Å². The standard InChI is InChI=1S/C12H15N5OS/c1-7(2)9-6-19-12(16-9)17-11(18)8-4-15-10(13-3)5-14-8/h4-7H,1-3H3,(H,13,15)(H,16,17,18). The van der Waals surface area contributed by atoms with Gasteiger partial charge in [0.05, 0.1) is 18.1 Å². The fourth-order valence-electron chi connectivity index (χ4n) is 1.34. The molecule has 0 atom stereocenters. The van der Waals surface area contributed by atoms with Gasteiger partial charge in [-0.05, 0) is 5.92 Å². The first-order chi connectivity index (χ1) is 9.10. The van der Waals surface area contributed by atoms with Crippen molar-refractivity contribution in [3.63, 3.8) is 0 Å². The molecule has 0 aliphatic heterocycles. The fourth-order valence-corrected chi connectivity index (χ4v) is 2.21. The minimum absolute atomic E-state index is 0.264. The minimum atomic E-state index is -0.306. The molecule has 1 amide bonds. The summed E-state index contributed by atoms with van der Waals surface area (Å²) in [6, 6.07) is 0. The zero-order chi connectivity index (χ0) is 13.8. The number of anilines is 2. The van der Waals surface area contributed by atoms with Crippen molar-refractivity contribution in [1.82, 2.24) is 15.0 Å². The topological polar surface area (TPSA) is 79.8 Å². The van der Waals surface area contributed by atoms with E-state index in [1.165, 1.54) is 23.7 Å². The SMILES string of the molecule is CNc1cnc(C(=O)Nc2nc(C(C)C)cs2)cn1. The van der Waals surface area contributed by atoms with Crippen LogP contribution in [0.25, 0.3) is 0 Å². The van der Waals surface area contributed by atoms with Crippen LogP contribution < -0.4 is 10.6 Å². The van der Waals surface area contributed by atoms with E-state index in [1.807, 2.05) is 5.38 Å². The van der Waals surface area contributed by atoms with Gasteiger partial charge >= 0.3 is 0 Å². The lowest BCUT2D eigenvalue weighted by atomic mass is 10.2. The van der Waals surface area contributed by atoms with Crippen LogP contribution >= 0.6 is 11.3 Å². The van der Waals surface area contributed by atoms with Crippen molar-refractivity contribution in [2.75, 3.05) is 17.7 Å². The van der Waals surface area contributed by atoms with Gasteiger partial charge in [-0.25, -0.2) is 15.0 Å². The highest BCUT2D eigenvalue weighted by atomic mass is 32.1. The Balaban J connectivity index is 2.06. The summed E-state index contributed by atoms with van der Waals surface area (Å²) < 4.78 is 0. The molecule has 6 nitrogen and oxygen atoms in total. The number of aromatic nitrogens is 3. The lowest BCUT2D eigenvalue weighted by molar-refractivity contribution is 0.102. The molecule has 2 rings (SSSR count). The van der Waals surface area contributed by atoms with E-state index in [0.717, 1.165) is 5.69 Å². The summed E-state index contributed by atoms with van der Waals surface area (Å²) in [5.74, 6) is 0.657. The Bertz CT molecular complexity index is 564. The molecule has 0 fully saturated rings. The summed E-state index contributed by atoms with van der Waals surface area (Å²) in [7, 11) is 1.74. The summed E-state index contributed by atoms with van der Waals surface area (Å²) in [4.78, 5) is 24.3. The van der Waals surface area contributed by atoms with Gasteiger partial charge in [-0.15, -0.1) is 11.3 Å². The highest BCUT2D eigenvalue weighted by Gasteiger charge is 2.11. The predicted octanol–water partition coefficient (Wildman–Crippen LogP) is 2.35. The van der Waals surface area contributed by atoms with Crippen LogP contribution in [0.1, 0.15) is 35.9 Å². The predicted molar refractivity (Wildman–Crippen MR) is 75.7 cm³/mol. The highest BCUT2D eigenvalue weighted by molar-refractivity contribution is 7.14. The number of rotatable bonds is 4. The molecule has 2 heterocycles. The number of hydrogen-bond donors (Lipinski definition) is 2.